The zero-order chi connectivity index (χ0) is 12.6. The Balaban J connectivity index is 2.18. The van der Waals surface area contributed by atoms with E-state index in [9.17, 15) is 0 Å². The first kappa shape index (κ1) is 12.8. The van der Waals surface area contributed by atoms with Gasteiger partial charge < -0.3 is 5.11 Å². The van der Waals surface area contributed by atoms with E-state index in [1.807, 2.05) is 18.3 Å². The Hall–Kier alpha value is -1.67. The second-order valence-electron chi connectivity index (χ2n) is 4.47. The number of rotatable bonds is 6. The van der Waals surface area contributed by atoms with Crippen molar-refractivity contribution in [3.8, 4) is 0 Å². The lowest BCUT2D eigenvalue weighted by molar-refractivity contribution is 0.282. The number of aliphatic hydroxyl groups is 1. The molecule has 0 saturated carbocycles. The molecule has 0 saturated heterocycles. The normalized spacial score (nSPS) is 12.3. The SMILES string of the molecule is OCCCCC(c1ccccc1)c1cccnc1. The molecule has 1 atom stereocenters. The number of aromatic nitrogens is 1. The Kier molecular flexibility index (Phi) is 4.91. The van der Waals surface area contributed by atoms with Gasteiger partial charge >= 0.3 is 0 Å². The smallest absolute Gasteiger partial charge is 0.0431 e. The third-order valence-electron chi connectivity index (χ3n) is 3.19. The quantitative estimate of drug-likeness (QED) is 0.786. The number of pyridine rings is 1. The molecule has 0 fully saturated rings. The lowest BCUT2D eigenvalue weighted by Crippen LogP contribution is -2.02. The van der Waals surface area contributed by atoms with Crippen LogP contribution >= 0.6 is 0 Å². The first-order chi connectivity index (χ1) is 8.92. The van der Waals surface area contributed by atoms with Gasteiger partial charge in [-0.25, -0.2) is 0 Å². The lowest BCUT2D eigenvalue weighted by atomic mass is 9.88. The van der Waals surface area contributed by atoms with Crippen molar-refractivity contribution in [3.63, 3.8) is 0 Å². The highest BCUT2D eigenvalue weighted by Crippen LogP contribution is 2.28. The van der Waals surface area contributed by atoms with E-state index in [0.717, 1.165) is 19.3 Å². The molecule has 2 heteroatoms. The Morgan fingerprint density at radius 1 is 0.944 bits per heavy atom. The average Bonchev–Trinajstić information content (AvgIpc) is 2.46. The molecule has 0 amide bonds. The van der Waals surface area contributed by atoms with E-state index >= 15 is 0 Å². The summed E-state index contributed by atoms with van der Waals surface area (Å²) in [5.74, 6) is 0.381. The van der Waals surface area contributed by atoms with Gasteiger partial charge in [0, 0.05) is 24.9 Å². The Morgan fingerprint density at radius 2 is 1.72 bits per heavy atom. The van der Waals surface area contributed by atoms with E-state index in [-0.39, 0.29) is 6.61 Å². The summed E-state index contributed by atoms with van der Waals surface area (Å²) >= 11 is 0. The summed E-state index contributed by atoms with van der Waals surface area (Å²) < 4.78 is 0. The van der Waals surface area contributed by atoms with Gasteiger partial charge in [0.2, 0.25) is 0 Å². The standard InChI is InChI=1S/C16H19NO/c18-12-5-4-10-16(14-7-2-1-3-8-14)15-9-6-11-17-13-15/h1-3,6-9,11,13,16,18H,4-5,10,12H2. The van der Waals surface area contributed by atoms with Gasteiger partial charge in [-0.05, 0) is 30.0 Å². The van der Waals surface area contributed by atoms with Crippen molar-refractivity contribution in [1.82, 2.24) is 4.98 Å². The molecule has 1 heterocycles. The molecule has 0 bridgehead atoms. The predicted molar refractivity (Wildman–Crippen MR) is 73.5 cm³/mol. The highest BCUT2D eigenvalue weighted by molar-refractivity contribution is 5.30. The molecule has 1 unspecified atom stereocenters. The van der Waals surface area contributed by atoms with Gasteiger partial charge in [0.15, 0.2) is 0 Å². The minimum atomic E-state index is 0.272. The van der Waals surface area contributed by atoms with E-state index in [4.69, 9.17) is 5.11 Å². The number of unbranched alkanes of at least 4 members (excludes halogenated alkanes) is 1. The van der Waals surface area contributed by atoms with Crippen LogP contribution in [0.1, 0.15) is 36.3 Å². The fraction of sp³-hybridized carbons (Fsp3) is 0.312. The summed E-state index contributed by atoms with van der Waals surface area (Å²) in [5, 5.41) is 8.91. The van der Waals surface area contributed by atoms with E-state index in [0.29, 0.717) is 5.92 Å². The van der Waals surface area contributed by atoms with E-state index < -0.39 is 0 Å². The van der Waals surface area contributed by atoms with Crippen molar-refractivity contribution >= 4 is 0 Å². The van der Waals surface area contributed by atoms with Crippen LogP contribution < -0.4 is 0 Å². The van der Waals surface area contributed by atoms with Crippen LogP contribution in [0.2, 0.25) is 0 Å². The minimum absolute atomic E-state index is 0.272. The van der Waals surface area contributed by atoms with Crippen LogP contribution in [0.4, 0.5) is 0 Å². The molecule has 1 aromatic carbocycles. The van der Waals surface area contributed by atoms with Crippen LogP contribution in [0.15, 0.2) is 54.9 Å². The molecule has 18 heavy (non-hydrogen) atoms. The molecular weight excluding hydrogens is 222 g/mol. The zero-order valence-electron chi connectivity index (χ0n) is 10.5. The topological polar surface area (TPSA) is 33.1 Å². The summed E-state index contributed by atoms with van der Waals surface area (Å²) in [5.41, 5.74) is 2.57. The average molecular weight is 241 g/mol. The van der Waals surface area contributed by atoms with Gasteiger partial charge in [0.25, 0.3) is 0 Å². The van der Waals surface area contributed by atoms with Crippen LogP contribution in [0.3, 0.4) is 0 Å². The molecule has 0 aliphatic rings. The third-order valence-corrected chi connectivity index (χ3v) is 3.19. The van der Waals surface area contributed by atoms with Crippen molar-refractivity contribution in [3.05, 3.63) is 66.0 Å². The molecule has 0 spiro atoms. The second-order valence-corrected chi connectivity index (χ2v) is 4.47. The molecule has 2 nitrogen and oxygen atoms in total. The van der Waals surface area contributed by atoms with Crippen LogP contribution in [-0.4, -0.2) is 16.7 Å². The molecule has 0 aliphatic heterocycles. The molecule has 0 aliphatic carbocycles. The maximum absolute atomic E-state index is 8.91. The Labute approximate surface area is 108 Å². The predicted octanol–water partition coefficient (Wildman–Crippen LogP) is 3.38. The van der Waals surface area contributed by atoms with Crippen molar-refractivity contribution < 1.29 is 5.11 Å². The van der Waals surface area contributed by atoms with E-state index in [1.54, 1.807) is 6.20 Å². The molecule has 2 aromatic rings. The van der Waals surface area contributed by atoms with Crippen molar-refractivity contribution in [1.29, 1.82) is 0 Å². The maximum atomic E-state index is 8.91. The highest BCUT2D eigenvalue weighted by atomic mass is 16.2. The van der Waals surface area contributed by atoms with Gasteiger partial charge in [-0.15, -0.1) is 0 Å². The Bertz CT molecular complexity index is 402. The Morgan fingerprint density at radius 3 is 2.39 bits per heavy atom. The van der Waals surface area contributed by atoms with Gasteiger partial charge in [0.1, 0.15) is 0 Å². The van der Waals surface area contributed by atoms with E-state index in [1.165, 1.54) is 11.1 Å². The van der Waals surface area contributed by atoms with E-state index in [2.05, 4.69) is 35.3 Å². The lowest BCUT2D eigenvalue weighted by Gasteiger charge is -2.17. The van der Waals surface area contributed by atoms with Gasteiger partial charge in [-0.3, -0.25) is 4.98 Å². The molecule has 1 N–H and O–H groups in total. The molecule has 1 aromatic heterocycles. The monoisotopic (exact) mass is 241 g/mol. The molecular formula is C16H19NO. The summed E-state index contributed by atoms with van der Waals surface area (Å²) in [7, 11) is 0. The third kappa shape index (κ3) is 3.41. The molecule has 94 valence electrons. The molecule has 0 radical (unpaired) electrons. The zero-order valence-corrected chi connectivity index (χ0v) is 10.5. The maximum Gasteiger partial charge on any atom is 0.0431 e. The second kappa shape index (κ2) is 6.92. The minimum Gasteiger partial charge on any atom is -0.396 e. The number of hydrogen-bond acceptors (Lipinski definition) is 2. The number of benzene rings is 1. The number of hydrogen-bond donors (Lipinski definition) is 1. The van der Waals surface area contributed by atoms with Crippen molar-refractivity contribution in [2.45, 2.75) is 25.2 Å². The summed E-state index contributed by atoms with van der Waals surface area (Å²) in [6.07, 6.45) is 6.70. The highest BCUT2D eigenvalue weighted by Gasteiger charge is 2.13. The number of nitrogens with zero attached hydrogens (tertiary/aromatic N) is 1. The first-order valence-electron chi connectivity index (χ1n) is 6.47. The van der Waals surface area contributed by atoms with Crippen LogP contribution in [-0.2, 0) is 0 Å². The fourth-order valence-electron chi connectivity index (χ4n) is 2.25. The summed E-state index contributed by atoms with van der Waals surface area (Å²) in [4.78, 5) is 4.21. The van der Waals surface area contributed by atoms with Crippen LogP contribution in [0.5, 0.6) is 0 Å². The number of aliphatic hydroxyl groups excluding tert-OH is 1. The molecule has 2 rings (SSSR count). The largest absolute Gasteiger partial charge is 0.396 e. The van der Waals surface area contributed by atoms with Crippen LogP contribution in [0, 0.1) is 0 Å². The first-order valence-corrected chi connectivity index (χ1v) is 6.47. The summed E-state index contributed by atoms with van der Waals surface area (Å²) in [6, 6.07) is 14.6. The van der Waals surface area contributed by atoms with Crippen molar-refractivity contribution in [2.75, 3.05) is 6.61 Å². The van der Waals surface area contributed by atoms with Gasteiger partial charge in [0.05, 0.1) is 0 Å². The van der Waals surface area contributed by atoms with Gasteiger partial charge in [-0.2, -0.15) is 0 Å². The summed E-state index contributed by atoms with van der Waals surface area (Å²) in [6.45, 7) is 0.272. The van der Waals surface area contributed by atoms with Crippen molar-refractivity contribution in [2.24, 2.45) is 0 Å². The fourth-order valence-corrected chi connectivity index (χ4v) is 2.25. The van der Waals surface area contributed by atoms with Crippen LogP contribution in [0.25, 0.3) is 0 Å². The van der Waals surface area contributed by atoms with Gasteiger partial charge in [-0.1, -0.05) is 42.8 Å².